The molecular weight excluding hydrogens is 204 g/mol. The first-order chi connectivity index (χ1) is 7.50. The van der Waals surface area contributed by atoms with Gasteiger partial charge in [0, 0.05) is 26.1 Å². The third kappa shape index (κ3) is 4.10. The van der Waals surface area contributed by atoms with Gasteiger partial charge in [-0.3, -0.25) is 4.79 Å². The van der Waals surface area contributed by atoms with Gasteiger partial charge in [0.2, 0.25) is 5.91 Å². The van der Waals surface area contributed by atoms with Gasteiger partial charge in [-0.1, -0.05) is 0 Å². The standard InChI is InChI=1S/C12H24N2O2/c1-10(15)6-7-12(16)14(3)9-11-5-4-8-13(11)2/h10-11,15H,4-9H2,1-3H3. The van der Waals surface area contributed by atoms with E-state index >= 15 is 0 Å². The van der Waals surface area contributed by atoms with Gasteiger partial charge in [0.1, 0.15) is 0 Å². The highest BCUT2D eigenvalue weighted by molar-refractivity contribution is 5.75. The lowest BCUT2D eigenvalue weighted by Crippen LogP contribution is -2.39. The van der Waals surface area contributed by atoms with Crippen molar-refractivity contribution in [2.75, 3.05) is 27.2 Å². The van der Waals surface area contributed by atoms with Crippen molar-refractivity contribution in [3.05, 3.63) is 0 Å². The topological polar surface area (TPSA) is 43.8 Å². The van der Waals surface area contributed by atoms with Gasteiger partial charge >= 0.3 is 0 Å². The van der Waals surface area contributed by atoms with E-state index in [4.69, 9.17) is 5.11 Å². The second kappa shape index (κ2) is 6.21. The van der Waals surface area contributed by atoms with Crippen LogP contribution in [0.15, 0.2) is 0 Å². The molecular formula is C12H24N2O2. The van der Waals surface area contributed by atoms with E-state index < -0.39 is 0 Å². The highest BCUT2D eigenvalue weighted by Gasteiger charge is 2.23. The molecule has 0 aliphatic carbocycles. The molecule has 1 rings (SSSR count). The van der Waals surface area contributed by atoms with Crippen LogP contribution in [0, 0.1) is 0 Å². The van der Waals surface area contributed by atoms with Crippen molar-refractivity contribution in [2.45, 2.75) is 44.8 Å². The molecule has 0 aromatic carbocycles. The summed E-state index contributed by atoms with van der Waals surface area (Å²) in [6.45, 7) is 3.67. The van der Waals surface area contributed by atoms with Gasteiger partial charge in [0.05, 0.1) is 6.10 Å². The van der Waals surface area contributed by atoms with Gasteiger partial charge < -0.3 is 14.9 Å². The summed E-state index contributed by atoms with van der Waals surface area (Å²) in [5.41, 5.74) is 0. The monoisotopic (exact) mass is 228 g/mol. The first kappa shape index (κ1) is 13.5. The third-order valence-electron chi connectivity index (χ3n) is 3.36. The summed E-state index contributed by atoms with van der Waals surface area (Å²) in [6.07, 6.45) is 3.04. The second-order valence-corrected chi connectivity index (χ2v) is 4.94. The van der Waals surface area contributed by atoms with Gasteiger partial charge in [-0.2, -0.15) is 0 Å². The van der Waals surface area contributed by atoms with E-state index in [2.05, 4.69) is 11.9 Å². The fraction of sp³-hybridized carbons (Fsp3) is 0.917. The van der Waals surface area contributed by atoms with E-state index in [0.717, 1.165) is 13.1 Å². The molecule has 4 heteroatoms. The predicted octanol–water partition coefficient (Wildman–Crippen LogP) is 0.700. The summed E-state index contributed by atoms with van der Waals surface area (Å²) >= 11 is 0. The zero-order valence-corrected chi connectivity index (χ0v) is 10.6. The molecule has 1 aliphatic rings. The lowest BCUT2D eigenvalue weighted by molar-refractivity contribution is -0.131. The number of nitrogens with zero attached hydrogens (tertiary/aromatic N) is 2. The fourth-order valence-electron chi connectivity index (χ4n) is 2.15. The quantitative estimate of drug-likeness (QED) is 0.753. The minimum atomic E-state index is -0.383. The van der Waals surface area contributed by atoms with Crippen LogP contribution < -0.4 is 0 Å². The summed E-state index contributed by atoms with van der Waals surface area (Å²) in [6, 6.07) is 0.514. The number of amides is 1. The first-order valence-corrected chi connectivity index (χ1v) is 6.13. The molecule has 16 heavy (non-hydrogen) atoms. The van der Waals surface area contributed by atoms with E-state index in [9.17, 15) is 4.79 Å². The molecule has 2 unspecified atom stereocenters. The number of likely N-dealkylation sites (N-methyl/N-ethyl adjacent to an activating group) is 2. The SMILES string of the molecule is CC(O)CCC(=O)N(C)CC1CCCN1C. The van der Waals surface area contributed by atoms with E-state index in [0.29, 0.717) is 18.9 Å². The number of hydrogen-bond acceptors (Lipinski definition) is 3. The Bertz CT molecular complexity index is 231. The molecule has 0 spiro atoms. The van der Waals surface area contributed by atoms with Crippen LogP contribution in [-0.2, 0) is 4.79 Å². The minimum Gasteiger partial charge on any atom is -0.393 e. The van der Waals surface area contributed by atoms with Crippen molar-refractivity contribution in [1.29, 1.82) is 0 Å². The lowest BCUT2D eigenvalue weighted by Gasteiger charge is -2.26. The van der Waals surface area contributed by atoms with Gasteiger partial charge in [-0.25, -0.2) is 0 Å². The average Bonchev–Trinajstić information content (AvgIpc) is 2.60. The predicted molar refractivity (Wildman–Crippen MR) is 64.2 cm³/mol. The summed E-state index contributed by atoms with van der Waals surface area (Å²) in [7, 11) is 3.97. The molecule has 1 fully saturated rings. The molecule has 0 aromatic heterocycles. The van der Waals surface area contributed by atoms with Gasteiger partial charge in [-0.15, -0.1) is 0 Å². The van der Waals surface area contributed by atoms with Crippen LogP contribution >= 0.6 is 0 Å². The molecule has 1 N–H and O–H groups in total. The molecule has 0 radical (unpaired) electrons. The minimum absolute atomic E-state index is 0.140. The number of rotatable bonds is 5. The van der Waals surface area contributed by atoms with Crippen LogP contribution in [-0.4, -0.2) is 60.1 Å². The van der Waals surface area contributed by atoms with E-state index in [1.54, 1.807) is 11.8 Å². The highest BCUT2D eigenvalue weighted by Crippen LogP contribution is 2.15. The Morgan fingerprint density at radius 2 is 2.31 bits per heavy atom. The molecule has 1 saturated heterocycles. The van der Waals surface area contributed by atoms with Crippen molar-refractivity contribution in [1.82, 2.24) is 9.80 Å². The van der Waals surface area contributed by atoms with Crippen molar-refractivity contribution in [3.63, 3.8) is 0 Å². The molecule has 1 amide bonds. The number of aliphatic hydroxyl groups excluding tert-OH is 1. The molecule has 0 aromatic rings. The normalized spacial score (nSPS) is 23.4. The molecule has 2 atom stereocenters. The van der Waals surface area contributed by atoms with Crippen LogP contribution in [0.3, 0.4) is 0 Å². The first-order valence-electron chi connectivity index (χ1n) is 6.13. The Balaban J connectivity index is 2.28. The molecule has 94 valence electrons. The number of likely N-dealkylation sites (tertiary alicyclic amines) is 1. The number of aliphatic hydroxyl groups is 1. The van der Waals surface area contributed by atoms with Crippen LogP contribution in [0.1, 0.15) is 32.6 Å². The number of carbonyl (C=O) groups is 1. The summed E-state index contributed by atoms with van der Waals surface area (Å²) < 4.78 is 0. The molecule has 0 saturated carbocycles. The second-order valence-electron chi connectivity index (χ2n) is 4.94. The average molecular weight is 228 g/mol. The maximum Gasteiger partial charge on any atom is 0.222 e. The van der Waals surface area contributed by atoms with E-state index in [-0.39, 0.29) is 12.0 Å². The molecule has 1 aliphatic heterocycles. The molecule has 1 heterocycles. The third-order valence-corrected chi connectivity index (χ3v) is 3.36. The number of hydrogen-bond donors (Lipinski definition) is 1. The zero-order valence-electron chi connectivity index (χ0n) is 10.6. The summed E-state index contributed by atoms with van der Waals surface area (Å²) in [5.74, 6) is 0.140. The van der Waals surface area contributed by atoms with Gasteiger partial charge in [0.25, 0.3) is 0 Å². The van der Waals surface area contributed by atoms with Crippen molar-refractivity contribution < 1.29 is 9.90 Å². The van der Waals surface area contributed by atoms with Crippen LogP contribution in [0.5, 0.6) is 0 Å². The van der Waals surface area contributed by atoms with Crippen LogP contribution in [0.4, 0.5) is 0 Å². The Morgan fingerprint density at radius 3 is 2.81 bits per heavy atom. The maximum atomic E-state index is 11.7. The van der Waals surface area contributed by atoms with E-state index in [1.165, 1.54) is 12.8 Å². The van der Waals surface area contributed by atoms with Crippen molar-refractivity contribution in [2.24, 2.45) is 0 Å². The van der Waals surface area contributed by atoms with Gasteiger partial charge in [0.15, 0.2) is 0 Å². The zero-order chi connectivity index (χ0) is 12.1. The molecule has 4 nitrogen and oxygen atoms in total. The molecule has 0 bridgehead atoms. The largest absolute Gasteiger partial charge is 0.393 e. The van der Waals surface area contributed by atoms with E-state index in [1.807, 2.05) is 7.05 Å². The highest BCUT2D eigenvalue weighted by atomic mass is 16.3. The summed E-state index contributed by atoms with van der Waals surface area (Å²) in [5, 5.41) is 9.13. The smallest absolute Gasteiger partial charge is 0.222 e. The van der Waals surface area contributed by atoms with Crippen molar-refractivity contribution in [3.8, 4) is 0 Å². The lowest BCUT2D eigenvalue weighted by atomic mass is 10.2. The van der Waals surface area contributed by atoms with Crippen molar-refractivity contribution >= 4 is 5.91 Å². The Labute approximate surface area is 98.2 Å². The Kier molecular flexibility index (Phi) is 5.22. The Morgan fingerprint density at radius 1 is 1.62 bits per heavy atom. The van der Waals surface area contributed by atoms with Crippen LogP contribution in [0.25, 0.3) is 0 Å². The van der Waals surface area contributed by atoms with Gasteiger partial charge in [-0.05, 0) is 39.8 Å². The Hall–Kier alpha value is -0.610. The maximum absolute atomic E-state index is 11.7. The van der Waals surface area contributed by atoms with Crippen LogP contribution in [0.2, 0.25) is 0 Å². The number of carbonyl (C=O) groups excluding carboxylic acids is 1. The summed E-state index contributed by atoms with van der Waals surface area (Å²) in [4.78, 5) is 15.9. The fourth-order valence-corrected chi connectivity index (χ4v) is 2.15.